The van der Waals surface area contributed by atoms with E-state index in [9.17, 15) is 0 Å². The molecule has 0 saturated heterocycles. The summed E-state index contributed by atoms with van der Waals surface area (Å²) in [6.45, 7) is 4.58. The maximum atomic E-state index is 6.43. The molecule has 0 aliphatic heterocycles. The van der Waals surface area contributed by atoms with E-state index in [1.165, 1.54) is 21.9 Å². The van der Waals surface area contributed by atoms with Crippen LogP contribution in [0.2, 0.25) is 0 Å². The summed E-state index contributed by atoms with van der Waals surface area (Å²) < 4.78 is 0. The van der Waals surface area contributed by atoms with Gasteiger partial charge in [-0.2, -0.15) is 0 Å². The smallest absolute Gasteiger partial charge is 0.0596 e. The van der Waals surface area contributed by atoms with Gasteiger partial charge in [-0.05, 0) is 33.7 Å². The molecule has 2 aromatic rings. The Kier molecular flexibility index (Phi) is 2.06. The van der Waals surface area contributed by atoms with Gasteiger partial charge in [0, 0.05) is 0 Å². The molecular weight excluding hydrogens is 216 g/mol. The van der Waals surface area contributed by atoms with Gasteiger partial charge in [0.15, 0.2) is 0 Å². The monoisotopic (exact) mass is 230 g/mol. The molecule has 0 saturated carbocycles. The van der Waals surface area contributed by atoms with E-state index in [2.05, 4.69) is 50.2 Å². The standard InChI is InChI=1S/C15H15Cl/c1-15(2)9-13(16)12-8-7-10-5-3-4-6-11(10)14(12)15/h3-8,13H,9H2,1-2H3. The molecule has 0 amide bonds. The average Bonchev–Trinajstić information content (AvgIpc) is 2.49. The topological polar surface area (TPSA) is 0 Å². The van der Waals surface area contributed by atoms with Gasteiger partial charge in [0.25, 0.3) is 0 Å². The molecule has 1 aliphatic rings. The maximum Gasteiger partial charge on any atom is 0.0596 e. The Labute approximate surface area is 101 Å². The first-order valence-corrected chi connectivity index (χ1v) is 6.19. The summed E-state index contributed by atoms with van der Waals surface area (Å²) in [4.78, 5) is 0. The van der Waals surface area contributed by atoms with E-state index in [4.69, 9.17) is 11.6 Å². The third kappa shape index (κ3) is 1.29. The van der Waals surface area contributed by atoms with Crippen LogP contribution in [0.5, 0.6) is 0 Å². The lowest BCUT2D eigenvalue weighted by Crippen LogP contribution is -2.12. The van der Waals surface area contributed by atoms with Gasteiger partial charge in [-0.25, -0.2) is 0 Å². The highest BCUT2D eigenvalue weighted by Crippen LogP contribution is 2.50. The fourth-order valence-corrected chi connectivity index (χ4v) is 3.53. The maximum absolute atomic E-state index is 6.43. The van der Waals surface area contributed by atoms with Gasteiger partial charge in [-0.15, -0.1) is 11.6 Å². The van der Waals surface area contributed by atoms with Gasteiger partial charge in [0.1, 0.15) is 0 Å². The molecule has 0 N–H and O–H groups in total. The summed E-state index contributed by atoms with van der Waals surface area (Å²) in [5.74, 6) is 0. The molecule has 1 aliphatic carbocycles. The second kappa shape index (κ2) is 3.24. The SMILES string of the molecule is CC1(C)CC(Cl)c2ccc3ccccc3c21. The Balaban J connectivity index is 2.42. The van der Waals surface area contributed by atoms with Crippen LogP contribution in [0.3, 0.4) is 0 Å². The lowest BCUT2D eigenvalue weighted by atomic mass is 9.83. The minimum Gasteiger partial charge on any atom is -0.118 e. The first kappa shape index (κ1) is 10.2. The van der Waals surface area contributed by atoms with Gasteiger partial charge in [0.2, 0.25) is 0 Å². The summed E-state index contributed by atoms with van der Waals surface area (Å²) in [5, 5.41) is 2.86. The molecule has 3 rings (SSSR count). The molecule has 0 fully saturated rings. The first-order chi connectivity index (χ1) is 7.59. The van der Waals surface area contributed by atoms with E-state index < -0.39 is 0 Å². The predicted molar refractivity (Wildman–Crippen MR) is 70.2 cm³/mol. The number of rotatable bonds is 0. The minimum absolute atomic E-state index is 0.176. The van der Waals surface area contributed by atoms with E-state index in [1.807, 2.05) is 0 Å². The van der Waals surface area contributed by atoms with Crippen molar-refractivity contribution in [1.29, 1.82) is 0 Å². The van der Waals surface area contributed by atoms with Crippen molar-refractivity contribution in [1.82, 2.24) is 0 Å². The van der Waals surface area contributed by atoms with Gasteiger partial charge < -0.3 is 0 Å². The Bertz CT molecular complexity index is 554. The van der Waals surface area contributed by atoms with Gasteiger partial charge in [-0.3, -0.25) is 0 Å². The Morgan fingerprint density at radius 1 is 1.12 bits per heavy atom. The molecule has 82 valence electrons. The van der Waals surface area contributed by atoms with Crippen molar-refractivity contribution in [3.63, 3.8) is 0 Å². The Morgan fingerprint density at radius 2 is 1.88 bits per heavy atom. The van der Waals surface area contributed by atoms with Gasteiger partial charge in [-0.1, -0.05) is 50.2 Å². The van der Waals surface area contributed by atoms with Crippen LogP contribution in [0.4, 0.5) is 0 Å². The summed E-state index contributed by atoms with van der Waals surface area (Å²) in [7, 11) is 0. The predicted octanol–water partition coefficient (Wildman–Crippen LogP) is 4.80. The Morgan fingerprint density at radius 3 is 2.69 bits per heavy atom. The van der Waals surface area contributed by atoms with Crippen molar-refractivity contribution >= 4 is 22.4 Å². The van der Waals surface area contributed by atoms with Crippen LogP contribution in [0, 0.1) is 0 Å². The fraction of sp³-hybridized carbons (Fsp3) is 0.333. The molecule has 0 spiro atoms. The highest BCUT2D eigenvalue weighted by atomic mass is 35.5. The first-order valence-electron chi connectivity index (χ1n) is 5.76. The second-order valence-corrected chi connectivity index (χ2v) is 5.83. The number of fused-ring (bicyclic) bond motifs is 3. The van der Waals surface area contributed by atoms with Crippen molar-refractivity contribution in [2.24, 2.45) is 0 Å². The molecule has 2 aromatic carbocycles. The summed E-state index contributed by atoms with van der Waals surface area (Å²) in [5.41, 5.74) is 2.97. The third-order valence-corrected chi connectivity index (χ3v) is 4.05. The number of hydrogen-bond acceptors (Lipinski definition) is 0. The van der Waals surface area contributed by atoms with Crippen LogP contribution in [-0.4, -0.2) is 0 Å². The fourth-order valence-electron chi connectivity index (χ4n) is 2.96. The molecule has 0 bridgehead atoms. The van der Waals surface area contributed by atoms with Crippen molar-refractivity contribution < 1.29 is 0 Å². The molecule has 1 heteroatoms. The second-order valence-electron chi connectivity index (χ2n) is 5.31. The van der Waals surface area contributed by atoms with Crippen molar-refractivity contribution in [3.8, 4) is 0 Å². The molecule has 0 heterocycles. The molecule has 0 radical (unpaired) electrons. The van der Waals surface area contributed by atoms with Crippen LogP contribution < -0.4 is 0 Å². The van der Waals surface area contributed by atoms with Crippen LogP contribution in [0.15, 0.2) is 36.4 Å². The van der Waals surface area contributed by atoms with Crippen LogP contribution in [-0.2, 0) is 5.41 Å². The van der Waals surface area contributed by atoms with Crippen LogP contribution in [0.25, 0.3) is 10.8 Å². The normalized spacial score (nSPS) is 22.3. The zero-order chi connectivity index (χ0) is 11.3. The summed E-state index contributed by atoms with van der Waals surface area (Å²) >= 11 is 6.43. The molecule has 16 heavy (non-hydrogen) atoms. The lowest BCUT2D eigenvalue weighted by Gasteiger charge is -2.20. The summed E-state index contributed by atoms with van der Waals surface area (Å²) in [6, 6.07) is 13.0. The highest BCUT2D eigenvalue weighted by Gasteiger charge is 2.36. The van der Waals surface area contributed by atoms with Crippen molar-refractivity contribution in [3.05, 3.63) is 47.5 Å². The lowest BCUT2D eigenvalue weighted by molar-refractivity contribution is 0.520. The Hall–Kier alpha value is -1.01. The van der Waals surface area contributed by atoms with Crippen molar-refractivity contribution in [2.75, 3.05) is 0 Å². The molecule has 0 aromatic heterocycles. The van der Waals surface area contributed by atoms with Gasteiger partial charge in [0.05, 0.1) is 5.38 Å². The van der Waals surface area contributed by atoms with Crippen molar-refractivity contribution in [2.45, 2.75) is 31.1 Å². The van der Waals surface area contributed by atoms with Gasteiger partial charge >= 0.3 is 0 Å². The number of hydrogen-bond donors (Lipinski definition) is 0. The average molecular weight is 231 g/mol. The zero-order valence-corrected chi connectivity index (χ0v) is 10.4. The van der Waals surface area contributed by atoms with E-state index in [-0.39, 0.29) is 10.8 Å². The third-order valence-electron chi connectivity index (χ3n) is 3.67. The van der Waals surface area contributed by atoms with E-state index in [0.29, 0.717) is 0 Å². The quantitative estimate of drug-likeness (QED) is 0.571. The van der Waals surface area contributed by atoms with E-state index in [1.54, 1.807) is 0 Å². The van der Waals surface area contributed by atoms with E-state index >= 15 is 0 Å². The largest absolute Gasteiger partial charge is 0.118 e. The molecule has 1 atom stereocenters. The van der Waals surface area contributed by atoms with Crippen LogP contribution in [0.1, 0.15) is 36.8 Å². The highest BCUT2D eigenvalue weighted by molar-refractivity contribution is 6.21. The zero-order valence-electron chi connectivity index (χ0n) is 9.63. The van der Waals surface area contributed by atoms with E-state index in [0.717, 1.165) is 6.42 Å². The number of alkyl halides is 1. The molecule has 0 nitrogen and oxygen atoms in total. The van der Waals surface area contributed by atoms with Crippen LogP contribution >= 0.6 is 11.6 Å². The molecular formula is C15H15Cl. The molecule has 1 unspecified atom stereocenters. The number of halogens is 1. The number of benzene rings is 2. The minimum atomic E-state index is 0.176. The summed E-state index contributed by atoms with van der Waals surface area (Å²) in [6.07, 6.45) is 1.04.